The number of aliphatic hydroxyl groups excluding tert-OH is 1. The minimum Gasteiger partial charge on any atom is -0.491 e. The number of hydrogen-bond donors (Lipinski definition) is 2. The highest BCUT2D eigenvalue weighted by atomic mass is 16.5. The van der Waals surface area contributed by atoms with Crippen LogP contribution in [0.3, 0.4) is 0 Å². The van der Waals surface area contributed by atoms with Gasteiger partial charge in [0.15, 0.2) is 0 Å². The molecule has 2 aromatic carbocycles. The molecule has 0 bridgehead atoms. The lowest BCUT2D eigenvalue weighted by Gasteiger charge is -2.37. The third-order valence-corrected chi connectivity index (χ3v) is 5.08. The maximum Gasteiger partial charge on any atom is 0.119 e. The zero-order valence-corrected chi connectivity index (χ0v) is 15.7. The van der Waals surface area contributed by atoms with E-state index in [9.17, 15) is 5.11 Å². The summed E-state index contributed by atoms with van der Waals surface area (Å²) in [6.07, 6.45) is -0.500. The molecule has 1 unspecified atom stereocenters. The predicted molar refractivity (Wildman–Crippen MR) is 107 cm³/mol. The lowest BCUT2D eigenvalue weighted by molar-refractivity contribution is 0.0663. The number of nitrogens with two attached hydrogens (primary N) is 1. The Bertz CT molecular complexity index is 710. The van der Waals surface area contributed by atoms with E-state index in [-0.39, 0.29) is 0 Å². The lowest BCUT2D eigenvalue weighted by atomic mass is 10.1. The monoisotopic (exact) mass is 355 g/mol. The maximum atomic E-state index is 10.3. The molecule has 0 aromatic heterocycles. The van der Waals surface area contributed by atoms with E-state index >= 15 is 0 Å². The van der Waals surface area contributed by atoms with Crippen LogP contribution in [0.25, 0.3) is 0 Å². The number of aliphatic hydroxyl groups is 1. The Morgan fingerprint density at radius 3 is 2.42 bits per heavy atom. The van der Waals surface area contributed by atoms with Gasteiger partial charge in [-0.2, -0.15) is 0 Å². The van der Waals surface area contributed by atoms with Crippen molar-refractivity contribution in [3.05, 3.63) is 53.6 Å². The van der Waals surface area contributed by atoms with Gasteiger partial charge in [0.25, 0.3) is 0 Å². The van der Waals surface area contributed by atoms with Crippen LogP contribution in [0, 0.1) is 13.8 Å². The fraction of sp³-hybridized carbons (Fsp3) is 0.429. The van der Waals surface area contributed by atoms with Crippen molar-refractivity contribution in [1.82, 2.24) is 4.90 Å². The van der Waals surface area contributed by atoms with Crippen LogP contribution in [-0.4, -0.2) is 55.4 Å². The van der Waals surface area contributed by atoms with Crippen molar-refractivity contribution in [3.8, 4) is 5.75 Å². The van der Waals surface area contributed by atoms with Crippen LogP contribution in [0.2, 0.25) is 0 Å². The van der Waals surface area contributed by atoms with E-state index in [1.165, 1.54) is 16.8 Å². The largest absolute Gasteiger partial charge is 0.491 e. The highest BCUT2D eigenvalue weighted by Gasteiger charge is 2.20. The van der Waals surface area contributed by atoms with Crippen LogP contribution < -0.4 is 15.4 Å². The van der Waals surface area contributed by atoms with Crippen molar-refractivity contribution in [2.75, 3.05) is 50.0 Å². The number of nitrogens with zero attached hydrogens (tertiary/aromatic N) is 2. The first-order chi connectivity index (χ1) is 12.5. The zero-order valence-electron chi connectivity index (χ0n) is 15.7. The number of anilines is 2. The molecule has 1 fully saturated rings. The molecule has 26 heavy (non-hydrogen) atoms. The first-order valence-corrected chi connectivity index (χ1v) is 9.23. The number of nitrogen functional groups attached to an aromatic ring is 1. The van der Waals surface area contributed by atoms with Gasteiger partial charge in [-0.1, -0.05) is 12.1 Å². The first-order valence-electron chi connectivity index (χ1n) is 9.23. The van der Waals surface area contributed by atoms with Crippen LogP contribution in [0.1, 0.15) is 11.1 Å². The molecule has 5 nitrogen and oxygen atoms in total. The molecule has 3 N–H and O–H groups in total. The SMILES string of the molecule is Cc1cccc(N2CCN(CC(O)COc3ccc(N)cc3)CC2)c1C. The molecule has 1 saturated heterocycles. The van der Waals surface area contributed by atoms with Gasteiger partial charge in [0.05, 0.1) is 0 Å². The Labute approximate surface area is 156 Å². The van der Waals surface area contributed by atoms with Crippen molar-refractivity contribution in [2.24, 2.45) is 0 Å². The Kier molecular flexibility index (Phi) is 6.01. The van der Waals surface area contributed by atoms with E-state index < -0.39 is 6.10 Å². The van der Waals surface area contributed by atoms with E-state index in [1.54, 1.807) is 12.1 Å². The summed E-state index contributed by atoms with van der Waals surface area (Å²) in [6.45, 7) is 9.14. The quantitative estimate of drug-likeness (QED) is 0.780. The van der Waals surface area contributed by atoms with Gasteiger partial charge >= 0.3 is 0 Å². The smallest absolute Gasteiger partial charge is 0.119 e. The van der Waals surface area contributed by atoms with Crippen LogP contribution in [-0.2, 0) is 0 Å². The number of rotatable bonds is 6. The summed E-state index contributed by atoms with van der Waals surface area (Å²) in [5.74, 6) is 0.734. The predicted octanol–water partition coefficient (Wildman–Crippen LogP) is 2.45. The molecule has 0 amide bonds. The summed E-state index contributed by atoms with van der Waals surface area (Å²) in [5.41, 5.74) is 10.4. The molecule has 1 atom stereocenters. The molecule has 5 heteroatoms. The van der Waals surface area contributed by atoms with Crippen LogP contribution in [0.4, 0.5) is 11.4 Å². The Hall–Kier alpha value is -2.24. The molecule has 0 saturated carbocycles. The number of piperazine rings is 1. The van der Waals surface area contributed by atoms with E-state index in [0.717, 1.165) is 31.9 Å². The van der Waals surface area contributed by atoms with Gasteiger partial charge in [-0.25, -0.2) is 0 Å². The summed E-state index contributed by atoms with van der Waals surface area (Å²) < 4.78 is 5.64. The molecule has 0 aliphatic carbocycles. The molecular formula is C21H29N3O2. The lowest BCUT2D eigenvalue weighted by Crippen LogP contribution is -2.49. The highest BCUT2D eigenvalue weighted by Crippen LogP contribution is 2.24. The average Bonchev–Trinajstić information content (AvgIpc) is 2.64. The number of aryl methyl sites for hydroxylation is 1. The third kappa shape index (κ3) is 4.68. The molecule has 1 aliphatic heterocycles. The molecule has 1 heterocycles. The topological polar surface area (TPSA) is 62.0 Å². The van der Waals surface area contributed by atoms with Gasteiger partial charge in [0, 0.05) is 44.1 Å². The van der Waals surface area contributed by atoms with Crippen molar-refractivity contribution < 1.29 is 9.84 Å². The fourth-order valence-electron chi connectivity index (χ4n) is 3.36. The normalized spacial score (nSPS) is 16.5. The molecule has 1 aliphatic rings. The number of hydrogen-bond acceptors (Lipinski definition) is 5. The molecule has 0 spiro atoms. The highest BCUT2D eigenvalue weighted by molar-refractivity contribution is 5.56. The van der Waals surface area contributed by atoms with Crippen LogP contribution >= 0.6 is 0 Å². The third-order valence-electron chi connectivity index (χ3n) is 5.08. The van der Waals surface area contributed by atoms with E-state index in [1.807, 2.05) is 12.1 Å². The summed E-state index contributed by atoms with van der Waals surface area (Å²) in [6, 6.07) is 13.7. The van der Waals surface area contributed by atoms with Gasteiger partial charge in [-0.05, 0) is 55.3 Å². The molecule has 3 rings (SSSR count). The number of β-amino-alcohol motifs (C(OH)–C–C–N with tert-alkyl or cyclic N) is 1. The second-order valence-corrected chi connectivity index (χ2v) is 7.04. The molecular weight excluding hydrogens is 326 g/mol. The fourth-order valence-corrected chi connectivity index (χ4v) is 3.36. The van der Waals surface area contributed by atoms with Crippen molar-refractivity contribution >= 4 is 11.4 Å². The van der Waals surface area contributed by atoms with Crippen molar-refractivity contribution in [1.29, 1.82) is 0 Å². The van der Waals surface area contributed by atoms with Crippen LogP contribution in [0.5, 0.6) is 5.75 Å². The second-order valence-electron chi connectivity index (χ2n) is 7.04. The van der Waals surface area contributed by atoms with Gasteiger partial charge in [-0.3, -0.25) is 4.90 Å². The maximum absolute atomic E-state index is 10.3. The van der Waals surface area contributed by atoms with Gasteiger partial charge in [0.2, 0.25) is 0 Å². The standard InChI is InChI=1S/C21H29N3O2/c1-16-4-3-5-21(17(16)2)24-12-10-23(11-13-24)14-19(25)15-26-20-8-6-18(22)7-9-20/h3-9,19,25H,10-15,22H2,1-2H3. The Balaban J connectivity index is 1.44. The molecule has 2 aromatic rings. The summed E-state index contributed by atoms with van der Waals surface area (Å²) in [5, 5.41) is 10.3. The van der Waals surface area contributed by atoms with E-state index in [4.69, 9.17) is 10.5 Å². The Morgan fingerprint density at radius 1 is 1.04 bits per heavy atom. The number of benzene rings is 2. The zero-order chi connectivity index (χ0) is 18.5. The van der Waals surface area contributed by atoms with Gasteiger partial charge in [-0.15, -0.1) is 0 Å². The van der Waals surface area contributed by atoms with Crippen molar-refractivity contribution in [2.45, 2.75) is 20.0 Å². The summed E-state index contributed by atoms with van der Waals surface area (Å²) in [7, 11) is 0. The van der Waals surface area contributed by atoms with Crippen LogP contribution in [0.15, 0.2) is 42.5 Å². The summed E-state index contributed by atoms with van der Waals surface area (Å²) in [4.78, 5) is 4.74. The molecule has 140 valence electrons. The Morgan fingerprint density at radius 2 is 1.73 bits per heavy atom. The van der Waals surface area contributed by atoms with Crippen molar-refractivity contribution in [3.63, 3.8) is 0 Å². The van der Waals surface area contributed by atoms with E-state index in [2.05, 4.69) is 41.8 Å². The minimum absolute atomic E-state index is 0.293. The van der Waals surface area contributed by atoms with E-state index in [0.29, 0.717) is 18.8 Å². The second kappa shape index (κ2) is 8.43. The van der Waals surface area contributed by atoms with Gasteiger partial charge in [0.1, 0.15) is 18.5 Å². The average molecular weight is 355 g/mol. The first kappa shape index (κ1) is 18.5. The number of ether oxygens (including phenoxy) is 1. The summed E-state index contributed by atoms with van der Waals surface area (Å²) >= 11 is 0. The molecule has 0 radical (unpaired) electrons. The van der Waals surface area contributed by atoms with Gasteiger partial charge < -0.3 is 20.5 Å². The minimum atomic E-state index is -0.500.